The standard InChI is InChI=1S/C14H15NO3/c16-14(17)13-7-6-12(8-15-13)10-18-9-11-4-2-1-3-5-11/h1-8,14,16-17H,9-10H2. The molecule has 1 aromatic heterocycles. The van der Waals surface area contributed by atoms with Gasteiger partial charge in [-0.2, -0.15) is 0 Å². The van der Waals surface area contributed by atoms with Crippen LogP contribution in [0.3, 0.4) is 0 Å². The van der Waals surface area contributed by atoms with Crippen LogP contribution in [-0.4, -0.2) is 15.2 Å². The molecule has 0 saturated carbocycles. The number of aliphatic hydroxyl groups is 2. The van der Waals surface area contributed by atoms with E-state index in [0.29, 0.717) is 13.2 Å². The van der Waals surface area contributed by atoms with Crippen molar-refractivity contribution in [3.63, 3.8) is 0 Å². The summed E-state index contributed by atoms with van der Waals surface area (Å²) in [6.07, 6.45) is 0.0593. The zero-order valence-electron chi connectivity index (χ0n) is 9.86. The number of ether oxygens (including phenoxy) is 1. The lowest BCUT2D eigenvalue weighted by atomic mass is 10.2. The number of hydrogen-bond acceptors (Lipinski definition) is 4. The van der Waals surface area contributed by atoms with Gasteiger partial charge in [-0.15, -0.1) is 0 Å². The SMILES string of the molecule is OC(O)c1ccc(COCc2ccccc2)cn1. The van der Waals surface area contributed by atoms with Gasteiger partial charge in [0.1, 0.15) is 0 Å². The van der Waals surface area contributed by atoms with Crippen molar-refractivity contribution in [1.82, 2.24) is 4.98 Å². The molecule has 2 rings (SSSR count). The lowest BCUT2D eigenvalue weighted by Gasteiger charge is -2.06. The summed E-state index contributed by atoms with van der Waals surface area (Å²) in [6.45, 7) is 0.995. The molecule has 18 heavy (non-hydrogen) atoms. The Bertz CT molecular complexity index is 468. The molecule has 1 aromatic carbocycles. The predicted molar refractivity (Wildman–Crippen MR) is 66.4 cm³/mol. The topological polar surface area (TPSA) is 62.6 Å². The molecule has 2 N–H and O–H groups in total. The summed E-state index contributed by atoms with van der Waals surface area (Å²) in [5, 5.41) is 17.8. The first-order valence-corrected chi connectivity index (χ1v) is 5.68. The van der Waals surface area contributed by atoms with Crippen LogP contribution in [0.4, 0.5) is 0 Å². The van der Waals surface area contributed by atoms with Crippen LogP contribution in [0.1, 0.15) is 23.1 Å². The number of aliphatic hydroxyl groups excluding tert-OH is 1. The van der Waals surface area contributed by atoms with Crippen LogP contribution in [0.5, 0.6) is 0 Å². The molecule has 0 fully saturated rings. The zero-order chi connectivity index (χ0) is 12.8. The number of benzene rings is 1. The minimum absolute atomic E-state index is 0.238. The van der Waals surface area contributed by atoms with Crippen LogP contribution in [0.15, 0.2) is 48.7 Å². The molecule has 4 nitrogen and oxygen atoms in total. The summed E-state index contributed by atoms with van der Waals surface area (Å²) in [5.41, 5.74) is 2.25. The summed E-state index contributed by atoms with van der Waals surface area (Å²) in [5.74, 6) is 0. The average molecular weight is 245 g/mol. The van der Waals surface area contributed by atoms with Crippen LogP contribution in [-0.2, 0) is 18.0 Å². The van der Waals surface area contributed by atoms with Crippen LogP contribution >= 0.6 is 0 Å². The first kappa shape index (κ1) is 12.7. The van der Waals surface area contributed by atoms with Gasteiger partial charge < -0.3 is 14.9 Å². The summed E-state index contributed by atoms with van der Waals surface area (Å²) >= 11 is 0. The summed E-state index contributed by atoms with van der Waals surface area (Å²) in [7, 11) is 0. The number of rotatable bonds is 5. The van der Waals surface area contributed by atoms with Crippen LogP contribution in [0, 0.1) is 0 Å². The van der Waals surface area contributed by atoms with Gasteiger partial charge in [-0.05, 0) is 17.2 Å². The Morgan fingerprint density at radius 3 is 2.28 bits per heavy atom. The van der Waals surface area contributed by atoms with E-state index in [1.54, 1.807) is 18.3 Å². The highest BCUT2D eigenvalue weighted by Crippen LogP contribution is 2.09. The monoisotopic (exact) mass is 245 g/mol. The summed E-state index contributed by atoms with van der Waals surface area (Å²) in [6, 6.07) is 13.3. The van der Waals surface area contributed by atoms with Gasteiger partial charge in [0.2, 0.25) is 0 Å². The van der Waals surface area contributed by atoms with E-state index in [1.807, 2.05) is 30.3 Å². The maximum Gasteiger partial charge on any atom is 0.196 e. The largest absolute Gasteiger partial charge is 0.372 e. The van der Waals surface area contributed by atoms with Crippen molar-refractivity contribution in [2.75, 3.05) is 0 Å². The molecule has 0 radical (unpaired) electrons. The Morgan fingerprint density at radius 2 is 1.67 bits per heavy atom. The maximum absolute atomic E-state index is 8.90. The molecule has 0 spiro atoms. The smallest absolute Gasteiger partial charge is 0.196 e. The van der Waals surface area contributed by atoms with Gasteiger partial charge in [0, 0.05) is 6.20 Å². The van der Waals surface area contributed by atoms with Crippen LogP contribution in [0.25, 0.3) is 0 Å². The molecule has 4 heteroatoms. The second-order valence-electron chi connectivity index (χ2n) is 3.94. The van der Waals surface area contributed by atoms with E-state index in [0.717, 1.165) is 11.1 Å². The van der Waals surface area contributed by atoms with Gasteiger partial charge >= 0.3 is 0 Å². The van der Waals surface area contributed by atoms with E-state index in [9.17, 15) is 0 Å². The molecule has 1 heterocycles. The fourth-order valence-electron chi connectivity index (χ4n) is 1.54. The molecule has 0 unspecified atom stereocenters. The molecule has 0 aliphatic rings. The highest BCUT2D eigenvalue weighted by Gasteiger charge is 2.03. The Labute approximate surface area is 106 Å². The normalized spacial score (nSPS) is 10.8. The number of aromatic nitrogens is 1. The fourth-order valence-corrected chi connectivity index (χ4v) is 1.54. The van der Waals surface area contributed by atoms with Gasteiger partial charge in [0.05, 0.1) is 18.9 Å². The fraction of sp³-hybridized carbons (Fsp3) is 0.214. The Morgan fingerprint density at radius 1 is 0.944 bits per heavy atom. The van der Waals surface area contributed by atoms with Crippen molar-refractivity contribution in [1.29, 1.82) is 0 Å². The van der Waals surface area contributed by atoms with Gasteiger partial charge in [0.15, 0.2) is 6.29 Å². The first-order valence-electron chi connectivity index (χ1n) is 5.68. The van der Waals surface area contributed by atoms with Crippen molar-refractivity contribution < 1.29 is 14.9 Å². The minimum atomic E-state index is -1.52. The van der Waals surface area contributed by atoms with E-state index in [1.165, 1.54) is 0 Å². The Kier molecular flexibility index (Phi) is 4.41. The summed E-state index contributed by atoms with van der Waals surface area (Å²) in [4.78, 5) is 3.92. The number of hydrogen-bond donors (Lipinski definition) is 2. The first-order chi connectivity index (χ1) is 8.75. The molecule has 0 atom stereocenters. The van der Waals surface area contributed by atoms with Crippen molar-refractivity contribution in [2.24, 2.45) is 0 Å². The second kappa shape index (κ2) is 6.26. The molecule has 0 aliphatic carbocycles. The van der Waals surface area contributed by atoms with Crippen molar-refractivity contribution in [3.05, 3.63) is 65.5 Å². The molecular formula is C14H15NO3. The quantitative estimate of drug-likeness (QED) is 0.788. The van der Waals surface area contributed by atoms with E-state index >= 15 is 0 Å². The van der Waals surface area contributed by atoms with E-state index < -0.39 is 6.29 Å². The zero-order valence-corrected chi connectivity index (χ0v) is 9.86. The van der Waals surface area contributed by atoms with Crippen molar-refractivity contribution >= 4 is 0 Å². The lowest BCUT2D eigenvalue weighted by molar-refractivity contribution is -0.0458. The summed E-state index contributed by atoms with van der Waals surface area (Å²) < 4.78 is 5.54. The van der Waals surface area contributed by atoms with E-state index in [4.69, 9.17) is 14.9 Å². The number of nitrogens with zero attached hydrogens (tertiary/aromatic N) is 1. The molecule has 0 aliphatic heterocycles. The van der Waals surface area contributed by atoms with Crippen LogP contribution in [0.2, 0.25) is 0 Å². The maximum atomic E-state index is 8.90. The molecule has 0 amide bonds. The highest BCUT2D eigenvalue weighted by molar-refractivity contribution is 5.15. The predicted octanol–water partition coefficient (Wildman–Crippen LogP) is 1.78. The van der Waals surface area contributed by atoms with E-state index in [-0.39, 0.29) is 5.69 Å². The van der Waals surface area contributed by atoms with Crippen LogP contribution < -0.4 is 0 Å². The average Bonchev–Trinajstić information content (AvgIpc) is 2.40. The molecule has 2 aromatic rings. The third-order valence-corrected chi connectivity index (χ3v) is 2.49. The van der Waals surface area contributed by atoms with Gasteiger partial charge in [0.25, 0.3) is 0 Å². The lowest BCUT2D eigenvalue weighted by Crippen LogP contribution is -2.00. The Hall–Kier alpha value is -1.75. The van der Waals surface area contributed by atoms with Crippen molar-refractivity contribution in [2.45, 2.75) is 19.5 Å². The highest BCUT2D eigenvalue weighted by atomic mass is 16.5. The molecular weight excluding hydrogens is 230 g/mol. The third kappa shape index (κ3) is 3.63. The van der Waals surface area contributed by atoms with Gasteiger partial charge in [-0.1, -0.05) is 36.4 Å². The molecule has 0 bridgehead atoms. The molecule has 0 saturated heterocycles. The molecule has 94 valence electrons. The van der Waals surface area contributed by atoms with Gasteiger partial charge in [-0.25, -0.2) is 0 Å². The third-order valence-electron chi connectivity index (χ3n) is 2.49. The van der Waals surface area contributed by atoms with E-state index in [2.05, 4.69) is 4.98 Å². The van der Waals surface area contributed by atoms with Crippen molar-refractivity contribution in [3.8, 4) is 0 Å². The number of pyridine rings is 1. The Balaban J connectivity index is 1.83. The van der Waals surface area contributed by atoms with Gasteiger partial charge in [-0.3, -0.25) is 4.98 Å². The minimum Gasteiger partial charge on any atom is -0.372 e. The second-order valence-corrected chi connectivity index (χ2v) is 3.94.